The largest absolute Gasteiger partial charge is 0.481 e. The van der Waals surface area contributed by atoms with Gasteiger partial charge in [-0.05, 0) is 19.4 Å². The Morgan fingerprint density at radius 2 is 1.92 bits per heavy atom. The number of hydrogen-bond donors (Lipinski definition) is 3. The standard InChI is InChI=1S/C7H14N2O3/c8-4-2-1-3-5(6(9)10)7(11)12/h5H,1-4,8H2,(H2,9,10)(H,11,12). The monoisotopic (exact) mass is 174 g/mol. The van der Waals surface area contributed by atoms with Crippen molar-refractivity contribution in [3.63, 3.8) is 0 Å². The summed E-state index contributed by atoms with van der Waals surface area (Å²) in [6.45, 7) is 0.505. The lowest BCUT2D eigenvalue weighted by Crippen LogP contribution is -2.30. The van der Waals surface area contributed by atoms with E-state index in [1.54, 1.807) is 0 Å². The molecule has 1 unspecified atom stereocenters. The van der Waals surface area contributed by atoms with Crippen molar-refractivity contribution in [2.75, 3.05) is 6.54 Å². The molecule has 1 amide bonds. The van der Waals surface area contributed by atoms with Crippen LogP contribution in [0, 0.1) is 5.92 Å². The van der Waals surface area contributed by atoms with Crippen LogP contribution in [0.1, 0.15) is 19.3 Å². The summed E-state index contributed by atoms with van der Waals surface area (Å²) in [5, 5.41) is 8.51. The Hall–Kier alpha value is -1.10. The Balaban J connectivity index is 3.80. The van der Waals surface area contributed by atoms with Crippen LogP contribution in [-0.4, -0.2) is 23.5 Å². The van der Waals surface area contributed by atoms with Crippen molar-refractivity contribution in [3.05, 3.63) is 0 Å². The van der Waals surface area contributed by atoms with Crippen molar-refractivity contribution in [2.45, 2.75) is 19.3 Å². The van der Waals surface area contributed by atoms with Crippen molar-refractivity contribution in [3.8, 4) is 0 Å². The first-order chi connectivity index (χ1) is 5.59. The van der Waals surface area contributed by atoms with Gasteiger partial charge in [-0.1, -0.05) is 6.42 Å². The van der Waals surface area contributed by atoms with Gasteiger partial charge in [0.2, 0.25) is 5.91 Å². The number of amides is 1. The van der Waals surface area contributed by atoms with Gasteiger partial charge in [-0.25, -0.2) is 0 Å². The quantitative estimate of drug-likeness (QED) is 0.365. The number of unbranched alkanes of at least 4 members (excludes halogenated alkanes) is 1. The number of aliphatic carboxylic acids is 1. The lowest BCUT2D eigenvalue weighted by molar-refractivity contribution is -0.146. The Labute approximate surface area is 70.7 Å². The van der Waals surface area contributed by atoms with Crippen molar-refractivity contribution in [2.24, 2.45) is 17.4 Å². The smallest absolute Gasteiger partial charge is 0.316 e. The fourth-order valence-electron chi connectivity index (χ4n) is 0.880. The van der Waals surface area contributed by atoms with Gasteiger partial charge in [0.05, 0.1) is 0 Å². The molecule has 70 valence electrons. The molecule has 12 heavy (non-hydrogen) atoms. The second-order valence-electron chi connectivity index (χ2n) is 2.58. The number of carboxylic acids is 1. The molecule has 0 heterocycles. The van der Waals surface area contributed by atoms with E-state index in [2.05, 4.69) is 0 Å². The molecule has 0 saturated heterocycles. The van der Waals surface area contributed by atoms with Crippen LogP contribution in [0.15, 0.2) is 0 Å². The maximum absolute atomic E-state index is 10.5. The molecule has 0 aliphatic carbocycles. The van der Waals surface area contributed by atoms with Crippen LogP contribution in [0.3, 0.4) is 0 Å². The van der Waals surface area contributed by atoms with E-state index >= 15 is 0 Å². The first-order valence-electron chi connectivity index (χ1n) is 3.81. The molecule has 0 aromatic carbocycles. The Morgan fingerprint density at radius 1 is 1.33 bits per heavy atom. The normalized spacial score (nSPS) is 12.4. The van der Waals surface area contributed by atoms with Crippen molar-refractivity contribution < 1.29 is 14.7 Å². The topological polar surface area (TPSA) is 106 Å². The number of carboxylic acid groups (broad SMARTS) is 1. The zero-order valence-corrected chi connectivity index (χ0v) is 6.82. The van der Waals surface area contributed by atoms with Crippen LogP contribution < -0.4 is 11.5 Å². The highest BCUT2D eigenvalue weighted by atomic mass is 16.4. The highest BCUT2D eigenvalue weighted by Gasteiger charge is 2.22. The summed E-state index contributed by atoms with van der Waals surface area (Å²) < 4.78 is 0. The minimum atomic E-state index is -1.15. The van der Waals surface area contributed by atoms with Gasteiger partial charge in [0, 0.05) is 0 Å². The third-order valence-electron chi connectivity index (χ3n) is 1.59. The zero-order valence-electron chi connectivity index (χ0n) is 6.82. The molecule has 0 aliphatic rings. The summed E-state index contributed by atoms with van der Waals surface area (Å²) in [4.78, 5) is 20.9. The van der Waals surface area contributed by atoms with Gasteiger partial charge >= 0.3 is 5.97 Å². The predicted octanol–water partition coefficient (Wildman–Crippen LogP) is -0.698. The van der Waals surface area contributed by atoms with Gasteiger partial charge in [0.15, 0.2) is 0 Å². The van der Waals surface area contributed by atoms with E-state index in [0.29, 0.717) is 13.0 Å². The molecular formula is C7H14N2O3. The number of hydrogen-bond acceptors (Lipinski definition) is 3. The Bertz CT molecular complexity index is 156. The Morgan fingerprint density at radius 3 is 2.25 bits per heavy atom. The first kappa shape index (κ1) is 10.9. The molecule has 0 aromatic heterocycles. The number of primary amides is 1. The molecule has 5 heteroatoms. The SMILES string of the molecule is NCCCCC(C(N)=O)C(=O)O. The molecule has 0 radical (unpaired) electrons. The molecule has 0 saturated carbocycles. The van der Waals surface area contributed by atoms with Crippen LogP contribution >= 0.6 is 0 Å². The minimum absolute atomic E-state index is 0.280. The van der Waals surface area contributed by atoms with Gasteiger partial charge in [0.1, 0.15) is 5.92 Å². The average Bonchev–Trinajstić information content (AvgIpc) is 1.96. The molecule has 0 rings (SSSR count). The fraction of sp³-hybridized carbons (Fsp3) is 0.714. The first-order valence-corrected chi connectivity index (χ1v) is 3.81. The number of carbonyl (C=O) groups excluding carboxylic acids is 1. The fourth-order valence-corrected chi connectivity index (χ4v) is 0.880. The van der Waals surface area contributed by atoms with Crippen LogP contribution in [0.25, 0.3) is 0 Å². The number of rotatable bonds is 6. The maximum Gasteiger partial charge on any atom is 0.316 e. The average molecular weight is 174 g/mol. The highest BCUT2D eigenvalue weighted by molar-refractivity contribution is 5.95. The van der Waals surface area contributed by atoms with E-state index in [1.165, 1.54) is 0 Å². The highest BCUT2D eigenvalue weighted by Crippen LogP contribution is 2.07. The third kappa shape index (κ3) is 3.92. The van der Waals surface area contributed by atoms with Gasteiger partial charge in [-0.3, -0.25) is 9.59 Å². The van der Waals surface area contributed by atoms with Crippen molar-refractivity contribution in [1.82, 2.24) is 0 Å². The van der Waals surface area contributed by atoms with Gasteiger partial charge in [0.25, 0.3) is 0 Å². The molecule has 0 bridgehead atoms. The van der Waals surface area contributed by atoms with Crippen LogP contribution in [0.5, 0.6) is 0 Å². The molecule has 5 N–H and O–H groups in total. The molecule has 0 aliphatic heterocycles. The van der Waals surface area contributed by atoms with E-state index < -0.39 is 17.8 Å². The minimum Gasteiger partial charge on any atom is -0.481 e. The summed E-state index contributed by atoms with van der Waals surface area (Å²) in [5.74, 6) is -2.99. The van der Waals surface area contributed by atoms with Crippen molar-refractivity contribution in [1.29, 1.82) is 0 Å². The lowest BCUT2D eigenvalue weighted by Gasteiger charge is -2.06. The van der Waals surface area contributed by atoms with E-state index in [9.17, 15) is 9.59 Å². The van der Waals surface area contributed by atoms with E-state index in [1.807, 2.05) is 0 Å². The molecule has 0 aromatic rings. The third-order valence-corrected chi connectivity index (χ3v) is 1.59. The maximum atomic E-state index is 10.5. The van der Waals surface area contributed by atoms with Gasteiger partial charge in [-0.15, -0.1) is 0 Å². The Kier molecular flexibility index (Phi) is 5.03. The number of nitrogens with two attached hydrogens (primary N) is 2. The molecular weight excluding hydrogens is 160 g/mol. The number of carbonyl (C=O) groups is 2. The summed E-state index contributed by atoms with van der Waals surface area (Å²) in [5.41, 5.74) is 10.1. The molecule has 0 fully saturated rings. The summed E-state index contributed by atoms with van der Waals surface area (Å²) >= 11 is 0. The lowest BCUT2D eigenvalue weighted by atomic mass is 10.0. The van der Waals surface area contributed by atoms with E-state index in [0.717, 1.165) is 6.42 Å². The molecule has 0 spiro atoms. The van der Waals surface area contributed by atoms with Gasteiger partial charge in [-0.2, -0.15) is 0 Å². The second-order valence-corrected chi connectivity index (χ2v) is 2.58. The molecule has 5 nitrogen and oxygen atoms in total. The van der Waals surface area contributed by atoms with Crippen LogP contribution in [-0.2, 0) is 9.59 Å². The van der Waals surface area contributed by atoms with Crippen LogP contribution in [0.4, 0.5) is 0 Å². The predicted molar refractivity (Wildman–Crippen MR) is 43.2 cm³/mol. The zero-order chi connectivity index (χ0) is 9.56. The summed E-state index contributed by atoms with van der Waals surface area (Å²) in [7, 11) is 0. The van der Waals surface area contributed by atoms with Gasteiger partial charge < -0.3 is 16.6 Å². The summed E-state index contributed by atoms with van der Waals surface area (Å²) in [6, 6.07) is 0. The van der Waals surface area contributed by atoms with E-state index in [-0.39, 0.29) is 6.42 Å². The van der Waals surface area contributed by atoms with E-state index in [4.69, 9.17) is 16.6 Å². The molecule has 1 atom stereocenters. The van der Waals surface area contributed by atoms with Crippen LogP contribution in [0.2, 0.25) is 0 Å². The second kappa shape index (κ2) is 5.54. The summed E-state index contributed by atoms with van der Waals surface area (Å²) in [6.07, 6.45) is 1.62. The van der Waals surface area contributed by atoms with Crippen molar-refractivity contribution >= 4 is 11.9 Å².